The molecule has 0 fully saturated rings. The Kier molecular flexibility index (Phi) is 16.6. The van der Waals surface area contributed by atoms with Crippen LogP contribution in [0.2, 0.25) is 0 Å². The summed E-state index contributed by atoms with van der Waals surface area (Å²) < 4.78 is 5.46. The average molecular weight is 283 g/mol. The van der Waals surface area contributed by atoms with Gasteiger partial charge in [-0.05, 0) is 37.8 Å². The Labute approximate surface area is 123 Å². The summed E-state index contributed by atoms with van der Waals surface area (Å²) in [5.74, 6) is 0.662. The topological polar surface area (TPSA) is 9.23 Å². The van der Waals surface area contributed by atoms with E-state index in [1.165, 1.54) is 19.3 Å². The Balaban J connectivity index is 3.29. The Morgan fingerprint density at radius 2 is 1.79 bits per heavy atom. The van der Waals surface area contributed by atoms with Crippen molar-refractivity contribution in [1.29, 1.82) is 0 Å². The molecule has 0 N–H and O–H groups in total. The van der Waals surface area contributed by atoms with Gasteiger partial charge in [0.1, 0.15) is 0 Å². The first-order valence-corrected chi connectivity index (χ1v) is 7.78. The van der Waals surface area contributed by atoms with Gasteiger partial charge in [-0.3, -0.25) is 0 Å². The minimum Gasteiger partial charge on any atom is -0.377 e. The second kappa shape index (κ2) is 17.2. The molecule has 0 aliphatic carbocycles. The van der Waals surface area contributed by atoms with Crippen LogP contribution < -0.4 is 0 Å². The van der Waals surface area contributed by atoms with Gasteiger partial charge < -0.3 is 4.74 Å². The van der Waals surface area contributed by atoms with Crippen molar-refractivity contribution in [2.24, 2.45) is 0 Å². The minimum absolute atomic E-state index is 0.662. The molecular weight excluding hydrogens is 256 g/mol. The first-order valence-electron chi connectivity index (χ1n) is 7.25. The second-order valence-electron chi connectivity index (χ2n) is 4.24. The summed E-state index contributed by atoms with van der Waals surface area (Å²) in [7, 11) is 0. The largest absolute Gasteiger partial charge is 0.377 e. The number of hydrogen-bond acceptors (Lipinski definition) is 1. The van der Waals surface area contributed by atoms with Crippen LogP contribution in [-0.2, 0) is 4.74 Å². The number of hydrogen-bond donors (Lipinski definition) is 0. The van der Waals surface area contributed by atoms with Crippen LogP contribution in [0.15, 0.2) is 42.2 Å². The smallest absolute Gasteiger partial charge is 0.0647 e. The lowest BCUT2D eigenvalue weighted by Crippen LogP contribution is -1.91. The van der Waals surface area contributed by atoms with Gasteiger partial charge >= 0.3 is 0 Å². The number of halogens is 1. The van der Waals surface area contributed by atoms with Crippen molar-refractivity contribution in [2.45, 2.75) is 45.4 Å². The van der Waals surface area contributed by atoms with Crippen LogP contribution in [-0.4, -0.2) is 19.1 Å². The highest BCUT2D eigenvalue weighted by molar-refractivity contribution is 6.17. The van der Waals surface area contributed by atoms with Gasteiger partial charge in [0, 0.05) is 5.88 Å². The first-order chi connectivity index (χ1) is 9.41. The van der Waals surface area contributed by atoms with E-state index in [-0.39, 0.29) is 0 Å². The van der Waals surface area contributed by atoms with Crippen molar-refractivity contribution in [3.63, 3.8) is 0 Å². The maximum Gasteiger partial charge on any atom is 0.0647 e. The lowest BCUT2D eigenvalue weighted by Gasteiger charge is -1.95. The van der Waals surface area contributed by atoms with Crippen molar-refractivity contribution >= 4 is 11.6 Å². The van der Waals surface area contributed by atoms with Crippen LogP contribution >= 0.6 is 11.6 Å². The molecule has 2 heteroatoms. The van der Waals surface area contributed by atoms with Gasteiger partial charge in [-0.2, -0.15) is 0 Å². The fourth-order valence-corrected chi connectivity index (χ4v) is 1.49. The molecule has 0 radical (unpaired) electrons. The third kappa shape index (κ3) is 17.2. The number of unbranched alkanes of at least 4 members (excludes halogenated alkanes) is 2. The standard InChI is InChI=1S/C17H27ClO/c1-2-3-4-5-6-7-10-13-16-19-17-14-11-8-9-12-15-18/h5-6,9-11,13H,2-4,7,12,14-17H2,1H3. The van der Waals surface area contributed by atoms with Crippen LogP contribution in [0.4, 0.5) is 0 Å². The van der Waals surface area contributed by atoms with Crippen LogP contribution in [0.5, 0.6) is 0 Å². The van der Waals surface area contributed by atoms with E-state index in [4.69, 9.17) is 16.3 Å². The van der Waals surface area contributed by atoms with Crippen LogP contribution in [0, 0.1) is 0 Å². The molecule has 19 heavy (non-hydrogen) atoms. The fraction of sp³-hybridized carbons (Fsp3) is 0.588. The molecule has 0 saturated heterocycles. The van der Waals surface area contributed by atoms with Gasteiger partial charge in [-0.15, -0.1) is 17.3 Å². The van der Waals surface area contributed by atoms with Crippen LogP contribution in [0.3, 0.4) is 0 Å². The van der Waals surface area contributed by atoms with E-state index in [2.05, 4.69) is 37.0 Å². The lowest BCUT2D eigenvalue weighted by atomic mass is 10.2. The van der Waals surface area contributed by atoms with Crippen molar-refractivity contribution in [3.05, 3.63) is 42.2 Å². The second-order valence-corrected chi connectivity index (χ2v) is 4.61. The monoisotopic (exact) mass is 282 g/mol. The predicted molar refractivity (Wildman–Crippen MR) is 85.8 cm³/mol. The Bertz CT molecular complexity index is 286. The number of rotatable bonds is 12. The number of ether oxygens (including phenoxy) is 1. The van der Waals surface area contributed by atoms with Gasteiger partial charge in [0.25, 0.3) is 0 Å². The van der Waals surface area contributed by atoms with E-state index in [9.17, 15) is 0 Å². The molecule has 0 aromatic carbocycles. The molecule has 0 heterocycles. The quantitative estimate of drug-likeness (QED) is 0.201. The molecule has 1 nitrogen and oxygen atoms in total. The molecule has 108 valence electrons. The Morgan fingerprint density at radius 1 is 1.00 bits per heavy atom. The first kappa shape index (κ1) is 18.2. The maximum atomic E-state index is 5.54. The van der Waals surface area contributed by atoms with Crippen molar-refractivity contribution < 1.29 is 4.74 Å². The van der Waals surface area contributed by atoms with Crippen molar-refractivity contribution in [1.82, 2.24) is 0 Å². The molecule has 0 aromatic heterocycles. The summed E-state index contributed by atoms with van der Waals surface area (Å²) in [6.07, 6.45) is 19.2. The predicted octanol–water partition coefficient (Wildman–Crippen LogP) is 5.43. The SMILES string of the molecule is CCCCC=CCC=CCOCCC=C=CCCCl. The lowest BCUT2D eigenvalue weighted by molar-refractivity contribution is 0.167. The normalized spacial score (nSPS) is 11.1. The molecule has 0 unspecified atom stereocenters. The molecule has 0 aliphatic heterocycles. The molecule has 0 atom stereocenters. The molecule has 0 spiro atoms. The zero-order valence-corrected chi connectivity index (χ0v) is 12.9. The third-order valence-electron chi connectivity index (χ3n) is 2.44. The van der Waals surface area contributed by atoms with Gasteiger partial charge in [0.15, 0.2) is 0 Å². The summed E-state index contributed by atoms with van der Waals surface area (Å²) in [6, 6.07) is 0. The van der Waals surface area contributed by atoms with Crippen LogP contribution in [0.25, 0.3) is 0 Å². The summed E-state index contributed by atoms with van der Waals surface area (Å²) in [5, 5.41) is 0. The van der Waals surface area contributed by atoms with E-state index in [1.54, 1.807) is 0 Å². The highest BCUT2D eigenvalue weighted by atomic mass is 35.5. The number of alkyl halides is 1. The molecule has 0 aromatic rings. The minimum atomic E-state index is 0.662. The summed E-state index contributed by atoms with van der Waals surface area (Å²) in [5.41, 5.74) is 3.08. The van der Waals surface area contributed by atoms with Gasteiger partial charge in [0.05, 0.1) is 13.2 Å². The molecule has 0 aliphatic rings. The average Bonchev–Trinajstić information content (AvgIpc) is 2.43. The summed E-state index contributed by atoms with van der Waals surface area (Å²) in [4.78, 5) is 0. The van der Waals surface area contributed by atoms with Gasteiger partial charge in [-0.25, -0.2) is 0 Å². The van der Waals surface area contributed by atoms with Crippen molar-refractivity contribution in [2.75, 3.05) is 19.1 Å². The molecule has 0 rings (SSSR count). The van der Waals surface area contributed by atoms with E-state index in [0.29, 0.717) is 12.5 Å². The molecular formula is C17H27ClO. The Hall–Kier alpha value is -0.750. The summed E-state index contributed by atoms with van der Waals surface area (Å²) in [6.45, 7) is 3.66. The fourth-order valence-electron chi connectivity index (χ4n) is 1.38. The van der Waals surface area contributed by atoms with E-state index >= 15 is 0 Å². The zero-order chi connectivity index (χ0) is 14.0. The van der Waals surface area contributed by atoms with Crippen LogP contribution in [0.1, 0.15) is 45.4 Å². The highest BCUT2D eigenvalue weighted by Crippen LogP contribution is 1.96. The van der Waals surface area contributed by atoms with E-state index in [0.717, 1.165) is 25.9 Å². The third-order valence-corrected chi connectivity index (χ3v) is 2.66. The molecule has 0 saturated carbocycles. The maximum absolute atomic E-state index is 5.54. The van der Waals surface area contributed by atoms with Gasteiger partial charge in [-0.1, -0.05) is 44.1 Å². The Morgan fingerprint density at radius 3 is 2.58 bits per heavy atom. The van der Waals surface area contributed by atoms with Crippen molar-refractivity contribution in [3.8, 4) is 0 Å². The van der Waals surface area contributed by atoms with Gasteiger partial charge in [0.2, 0.25) is 0 Å². The van der Waals surface area contributed by atoms with E-state index < -0.39 is 0 Å². The number of allylic oxidation sites excluding steroid dienone is 3. The summed E-state index contributed by atoms with van der Waals surface area (Å²) >= 11 is 5.54. The highest BCUT2D eigenvalue weighted by Gasteiger charge is 1.81. The van der Waals surface area contributed by atoms with E-state index in [1.807, 2.05) is 12.2 Å². The zero-order valence-electron chi connectivity index (χ0n) is 12.1. The molecule has 0 amide bonds. The molecule has 0 bridgehead atoms.